The molecule has 0 aromatic carbocycles. The summed E-state index contributed by atoms with van der Waals surface area (Å²) in [5.74, 6) is 3.97. The molecule has 1 heteroatoms. The molecule has 0 bridgehead atoms. The highest BCUT2D eigenvalue weighted by Crippen LogP contribution is 2.42. The molecule has 116 valence electrons. The number of hydrogen-bond donors (Lipinski definition) is 0. The van der Waals surface area contributed by atoms with Crippen molar-refractivity contribution in [1.29, 1.82) is 0 Å². The monoisotopic (exact) mass is 278 g/mol. The Hall–Kier alpha value is -0.300. The minimum absolute atomic E-state index is 0.724. The standard InChI is InChI=1S/C19H34O/c1-3-5-16-6-10-18(11-7-16)19-12-8-17(9-13-19)15-20-14-4-2/h4,16-19H,2-3,5-15H2,1H3/t16-,17-,18-,19-. The van der Waals surface area contributed by atoms with Gasteiger partial charge in [0.05, 0.1) is 6.61 Å². The normalized spacial score (nSPS) is 34.9. The molecule has 0 radical (unpaired) electrons. The quantitative estimate of drug-likeness (QED) is 0.435. The van der Waals surface area contributed by atoms with E-state index in [-0.39, 0.29) is 0 Å². The van der Waals surface area contributed by atoms with Gasteiger partial charge in [0, 0.05) is 6.61 Å². The third-order valence-corrected chi connectivity index (χ3v) is 5.74. The van der Waals surface area contributed by atoms with Gasteiger partial charge in [-0.3, -0.25) is 0 Å². The molecular weight excluding hydrogens is 244 g/mol. The molecule has 0 unspecified atom stereocenters. The minimum atomic E-state index is 0.724. The Kier molecular flexibility index (Phi) is 7.13. The molecule has 0 heterocycles. The average molecular weight is 278 g/mol. The van der Waals surface area contributed by atoms with Crippen LogP contribution in [0.3, 0.4) is 0 Å². The highest BCUT2D eigenvalue weighted by atomic mass is 16.5. The van der Waals surface area contributed by atoms with E-state index in [1.807, 2.05) is 6.08 Å². The summed E-state index contributed by atoms with van der Waals surface area (Å²) in [6.07, 6.45) is 16.5. The smallest absolute Gasteiger partial charge is 0.0644 e. The van der Waals surface area contributed by atoms with Gasteiger partial charge in [0.2, 0.25) is 0 Å². The van der Waals surface area contributed by atoms with Crippen LogP contribution in [0.25, 0.3) is 0 Å². The van der Waals surface area contributed by atoms with Crippen molar-refractivity contribution in [2.24, 2.45) is 23.7 Å². The zero-order valence-electron chi connectivity index (χ0n) is 13.5. The van der Waals surface area contributed by atoms with E-state index < -0.39 is 0 Å². The van der Waals surface area contributed by atoms with Crippen molar-refractivity contribution in [2.45, 2.75) is 71.1 Å². The summed E-state index contributed by atoms with van der Waals surface area (Å²) in [5.41, 5.74) is 0. The molecule has 20 heavy (non-hydrogen) atoms. The molecule has 2 fully saturated rings. The lowest BCUT2D eigenvalue weighted by atomic mass is 9.69. The van der Waals surface area contributed by atoms with Gasteiger partial charge in [0.1, 0.15) is 0 Å². The molecule has 0 amide bonds. The SMILES string of the molecule is C=CCOC[C@H]1CC[C@H]([C@H]2CC[C@H](CCC)CC2)CC1. The van der Waals surface area contributed by atoms with Crippen LogP contribution in [0.5, 0.6) is 0 Å². The van der Waals surface area contributed by atoms with Crippen LogP contribution < -0.4 is 0 Å². The fourth-order valence-corrected chi connectivity index (χ4v) is 4.50. The number of rotatable bonds is 7. The van der Waals surface area contributed by atoms with E-state index in [2.05, 4.69) is 13.5 Å². The maximum atomic E-state index is 5.63. The van der Waals surface area contributed by atoms with Gasteiger partial charge in [0.25, 0.3) is 0 Å². The molecule has 0 aromatic heterocycles. The van der Waals surface area contributed by atoms with Gasteiger partial charge < -0.3 is 4.74 Å². The van der Waals surface area contributed by atoms with Gasteiger partial charge in [-0.05, 0) is 62.2 Å². The van der Waals surface area contributed by atoms with Crippen molar-refractivity contribution in [1.82, 2.24) is 0 Å². The van der Waals surface area contributed by atoms with Gasteiger partial charge in [-0.1, -0.05) is 38.7 Å². The second-order valence-corrected chi connectivity index (χ2v) is 7.18. The maximum absolute atomic E-state index is 5.63. The lowest BCUT2D eigenvalue weighted by Crippen LogP contribution is -2.27. The molecule has 0 aliphatic heterocycles. The van der Waals surface area contributed by atoms with Crippen molar-refractivity contribution in [3.8, 4) is 0 Å². The summed E-state index contributed by atoms with van der Waals surface area (Å²) in [6.45, 7) is 7.73. The Morgan fingerprint density at radius 1 is 0.900 bits per heavy atom. The van der Waals surface area contributed by atoms with E-state index in [1.165, 1.54) is 64.2 Å². The predicted octanol–water partition coefficient (Wildman–Crippen LogP) is 5.60. The fraction of sp³-hybridized carbons (Fsp3) is 0.895. The fourth-order valence-electron chi connectivity index (χ4n) is 4.50. The van der Waals surface area contributed by atoms with Crippen LogP contribution in [-0.2, 0) is 4.74 Å². The van der Waals surface area contributed by atoms with Crippen LogP contribution in [0.2, 0.25) is 0 Å². The molecule has 0 spiro atoms. The molecular formula is C19H34O. The molecule has 0 atom stereocenters. The summed E-state index contributed by atoms with van der Waals surface area (Å²) in [6, 6.07) is 0. The van der Waals surface area contributed by atoms with E-state index in [9.17, 15) is 0 Å². The number of hydrogen-bond acceptors (Lipinski definition) is 1. The Labute approximate surface area is 126 Å². The molecule has 1 nitrogen and oxygen atoms in total. The third kappa shape index (κ3) is 4.91. The second-order valence-electron chi connectivity index (χ2n) is 7.18. The topological polar surface area (TPSA) is 9.23 Å². The zero-order chi connectivity index (χ0) is 14.2. The van der Waals surface area contributed by atoms with Gasteiger partial charge >= 0.3 is 0 Å². The molecule has 0 saturated heterocycles. The first-order chi connectivity index (χ1) is 9.83. The van der Waals surface area contributed by atoms with E-state index in [0.29, 0.717) is 0 Å². The third-order valence-electron chi connectivity index (χ3n) is 5.74. The molecule has 2 saturated carbocycles. The van der Waals surface area contributed by atoms with Crippen LogP contribution in [-0.4, -0.2) is 13.2 Å². The summed E-state index contributed by atoms with van der Waals surface area (Å²) < 4.78 is 5.63. The lowest BCUT2D eigenvalue weighted by molar-refractivity contribution is 0.0780. The lowest BCUT2D eigenvalue weighted by Gasteiger charge is -2.37. The second kappa shape index (κ2) is 8.87. The van der Waals surface area contributed by atoms with E-state index >= 15 is 0 Å². The van der Waals surface area contributed by atoms with E-state index in [1.54, 1.807) is 0 Å². The van der Waals surface area contributed by atoms with Gasteiger partial charge in [-0.2, -0.15) is 0 Å². The van der Waals surface area contributed by atoms with Crippen molar-refractivity contribution >= 4 is 0 Å². The first-order valence-corrected chi connectivity index (χ1v) is 9.02. The zero-order valence-corrected chi connectivity index (χ0v) is 13.5. The Morgan fingerprint density at radius 3 is 1.95 bits per heavy atom. The van der Waals surface area contributed by atoms with Crippen molar-refractivity contribution in [3.63, 3.8) is 0 Å². The highest BCUT2D eigenvalue weighted by Gasteiger charge is 2.30. The van der Waals surface area contributed by atoms with Crippen molar-refractivity contribution in [2.75, 3.05) is 13.2 Å². The predicted molar refractivity (Wildman–Crippen MR) is 86.8 cm³/mol. The summed E-state index contributed by atoms with van der Waals surface area (Å²) in [5, 5.41) is 0. The van der Waals surface area contributed by atoms with Crippen molar-refractivity contribution in [3.05, 3.63) is 12.7 Å². The highest BCUT2D eigenvalue weighted by molar-refractivity contribution is 4.82. The molecule has 2 aliphatic carbocycles. The largest absolute Gasteiger partial charge is 0.377 e. The van der Waals surface area contributed by atoms with Gasteiger partial charge in [0.15, 0.2) is 0 Å². The van der Waals surface area contributed by atoms with E-state index in [4.69, 9.17) is 4.74 Å². The van der Waals surface area contributed by atoms with Crippen LogP contribution in [0.15, 0.2) is 12.7 Å². The minimum Gasteiger partial charge on any atom is -0.377 e. The average Bonchev–Trinajstić information content (AvgIpc) is 2.49. The Morgan fingerprint density at radius 2 is 1.45 bits per heavy atom. The summed E-state index contributed by atoms with van der Waals surface area (Å²) in [7, 11) is 0. The summed E-state index contributed by atoms with van der Waals surface area (Å²) >= 11 is 0. The molecule has 2 aliphatic rings. The number of ether oxygens (including phenoxy) is 1. The molecule has 0 aromatic rings. The Balaban J connectivity index is 1.63. The van der Waals surface area contributed by atoms with Crippen LogP contribution >= 0.6 is 0 Å². The van der Waals surface area contributed by atoms with Gasteiger partial charge in [-0.25, -0.2) is 0 Å². The van der Waals surface area contributed by atoms with E-state index in [0.717, 1.165) is 36.9 Å². The Bertz CT molecular complexity index is 257. The molecule has 2 rings (SSSR count). The van der Waals surface area contributed by atoms with Crippen LogP contribution in [0.1, 0.15) is 71.1 Å². The van der Waals surface area contributed by atoms with Crippen LogP contribution in [0.4, 0.5) is 0 Å². The first-order valence-electron chi connectivity index (χ1n) is 9.02. The molecule has 0 N–H and O–H groups in total. The first kappa shape index (κ1) is 16.1. The van der Waals surface area contributed by atoms with Crippen molar-refractivity contribution < 1.29 is 4.74 Å². The van der Waals surface area contributed by atoms with Gasteiger partial charge in [-0.15, -0.1) is 6.58 Å². The maximum Gasteiger partial charge on any atom is 0.0644 e. The van der Waals surface area contributed by atoms with Crippen LogP contribution in [0, 0.1) is 23.7 Å². The summed E-state index contributed by atoms with van der Waals surface area (Å²) in [4.78, 5) is 0.